The van der Waals surface area contributed by atoms with Gasteiger partial charge in [0.15, 0.2) is 5.13 Å². The number of para-hydroxylation sites is 1. The van der Waals surface area contributed by atoms with Crippen molar-refractivity contribution in [2.45, 2.75) is 25.8 Å². The maximum atomic E-state index is 12.8. The number of halogens is 1. The predicted molar refractivity (Wildman–Crippen MR) is 105 cm³/mol. The number of hydrogen-bond donors (Lipinski definition) is 1. The van der Waals surface area contributed by atoms with Crippen LogP contribution >= 0.6 is 22.9 Å². The summed E-state index contributed by atoms with van der Waals surface area (Å²) in [5.74, 6) is 0.743. The monoisotopic (exact) mass is 384 g/mol. The summed E-state index contributed by atoms with van der Waals surface area (Å²) in [4.78, 5) is 23.4. The van der Waals surface area contributed by atoms with Gasteiger partial charge in [-0.05, 0) is 37.1 Å². The number of nitrogens with zero attached hydrogens (tertiary/aromatic N) is 3. The van der Waals surface area contributed by atoms with E-state index in [2.05, 4.69) is 28.3 Å². The van der Waals surface area contributed by atoms with Crippen LogP contribution in [-0.2, 0) is 17.6 Å². The molecule has 3 heterocycles. The second kappa shape index (κ2) is 7.05. The van der Waals surface area contributed by atoms with Crippen LogP contribution in [0, 0.1) is 0 Å². The van der Waals surface area contributed by atoms with Gasteiger partial charge in [-0.15, -0.1) is 11.3 Å². The third-order valence-electron chi connectivity index (χ3n) is 4.32. The number of carbonyl (C=O) groups excluding carboxylic acids is 1. The Kier molecular flexibility index (Phi) is 4.61. The van der Waals surface area contributed by atoms with Crippen molar-refractivity contribution in [3.05, 3.63) is 64.3 Å². The summed E-state index contributed by atoms with van der Waals surface area (Å²) >= 11 is 7.29. The average Bonchev–Trinajstić information content (AvgIpc) is 3.19. The summed E-state index contributed by atoms with van der Waals surface area (Å²) in [6, 6.07) is 11.8. The number of anilines is 3. The topological polar surface area (TPSA) is 58.1 Å². The Morgan fingerprint density at radius 2 is 2.19 bits per heavy atom. The van der Waals surface area contributed by atoms with E-state index in [0.717, 1.165) is 17.8 Å². The van der Waals surface area contributed by atoms with E-state index in [1.807, 2.05) is 28.5 Å². The van der Waals surface area contributed by atoms with Crippen LogP contribution in [0.4, 0.5) is 16.6 Å². The Balaban J connectivity index is 1.46. The van der Waals surface area contributed by atoms with Gasteiger partial charge in [-0.25, -0.2) is 9.97 Å². The van der Waals surface area contributed by atoms with E-state index in [4.69, 9.17) is 11.6 Å². The van der Waals surface area contributed by atoms with E-state index in [1.165, 1.54) is 16.9 Å². The molecule has 0 bridgehead atoms. The second-order valence-corrected chi connectivity index (χ2v) is 7.55. The van der Waals surface area contributed by atoms with Gasteiger partial charge in [-0.2, -0.15) is 0 Å². The van der Waals surface area contributed by atoms with Crippen molar-refractivity contribution in [3.63, 3.8) is 0 Å². The number of benzene rings is 1. The van der Waals surface area contributed by atoms with E-state index in [0.29, 0.717) is 16.0 Å². The molecule has 5 nitrogen and oxygen atoms in total. The van der Waals surface area contributed by atoms with Crippen LogP contribution in [0.1, 0.15) is 18.2 Å². The molecule has 1 unspecified atom stereocenters. The number of fused-ring (bicyclic) bond motifs is 1. The first-order valence-corrected chi connectivity index (χ1v) is 9.59. The third kappa shape index (κ3) is 3.43. The third-order valence-corrected chi connectivity index (χ3v) is 5.35. The van der Waals surface area contributed by atoms with Crippen LogP contribution in [-0.4, -0.2) is 21.9 Å². The summed E-state index contributed by atoms with van der Waals surface area (Å²) in [6.45, 7) is 2.08. The minimum absolute atomic E-state index is 0.0731. The maximum absolute atomic E-state index is 12.8. The summed E-state index contributed by atoms with van der Waals surface area (Å²) in [7, 11) is 0. The van der Waals surface area contributed by atoms with Crippen molar-refractivity contribution < 1.29 is 4.79 Å². The van der Waals surface area contributed by atoms with E-state index in [-0.39, 0.29) is 18.4 Å². The van der Waals surface area contributed by atoms with Crippen molar-refractivity contribution in [1.82, 2.24) is 9.97 Å². The van der Waals surface area contributed by atoms with Gasteiger partial charge in [0.25, 0.3) is 0 Å². The smallest absolute Gasteiger partial charge is 0.233 e. The van der Waals surface area contributed by atoms with E-state index in [9.17, 15) is 4.79 Å². The number of pyridine rings is 1. The minimum Gasteiger partial charge on any atom is -0.316 e. The summed E-state index contributed by atoms with van der Waals surface area (Å²) in [5, 5.41) is 6.33. The SMILES string of the molecule is CC1Cc2ccccc2N1C(=O)Cc1csc(Nc2ccc(Cl)cn2)n1. The first-order valence-electron chi connectivity index (χ1n) is 8.33. The fourth-order valence-electron chi connectivity index (χ4n) is 3.19. The molecule has 0 fully saturated rings. The van der Waals surface area contributed by atoms with Crippen molar-refractivity contribution in [2.24, 2.45) is 0 Å². The number of aromatic nitrogens is 2. The maximum Gasteiger partial charge on any atom is 0.233 e. The first-order chi connectivity index (χ1) is 12.6. The molecule has 1 atom stereocenters. The fourth-order valence-corrected chi connectivity index (χ4v) is 4.02. The van der Waals surface area contributed by atoms with Gasteiger partial charge in [-0.1, -0.05) is 29.8 Å². The van der Waals surface area contributed by atoms with Crippen LogP contribution in [0.15, 0.2) is 48.0 Å². The molecular formula is C19H17ClN4OS. The lowest BCUT2D eigenvalue weighted by Gasteiger charge is -2.22. The van der Waals surface area contributed by atoms with Crippen LogP contribution in [0.3, 0.4) is 0 Å². The Morgan fingerprint density at radius 1 is 1.35 bits per heavy atom. The molecule has 1 aliphatic rings. The molecule has 1 amide bonds. The molecule has 0 spiro atoms. The Labute approximate surface area is 160 Å². The number of thiazole rings is 1. The summed E-state index contributed by atoms with van der Waals surface area (Å²) in [5.41, 5.74) is 3.00. The zero-order valence-corrected chi connectivity index (χ0v) is 15.7. The number of carbonyl (C=O) groups is 1. The number of amides is 1. The summed E-state index contributed by atoms with van der Waals surface area (Å²) < 4.78 is 0. The molecular weight excluding hydrogens is 368 g/mol. The Morgan fingerprint density at radius 3 is 3.00 bits per heavy atom. The average molecular weight is 385 g/mol. The van der Waals surface area contributed by atoms with Crippen LogP contribution in [0.25, 0.3) is 0 Å². The molecule has 1 N–H and O–H groups in total. The van der Waals surface area contributed by atoms with Gasteiger partial charge >= 0.3 is 0 Å². The standard InChI is InChI=1S/C19H17ClN4OS/c1-12-8-13-4-2-3-5-16(13)24(12)18(25)9-15-11-26-19(22-15)23-17-7-6-14(20)10-21-17/h2-7,10-12H,8-9H2,1H3,(H,21,22,23). The molecule has 0 radical (unpaired) electrons. The van der Waals surface area contributed by atoms with Crippen LogP contribution in [0.2, 0.25) is 5.02 Å². The molecule has 26 heavy (non-hydrogen) atoms. The van der Waals surface area contributed by atoms with E-state index in [1.54, 1.807) is 18.3 Å². The Hall–Kier alpha value is -2.44. The summed E-state index contributed by atoms with van der Waals surface area (Å²) in [6.07, 6.45) is 2.76. The van der Waals surface area contributed by atoms with Gasteiger partial charge in [0, 0.05) is 23.3 Å². The molecule has 1 aliphatic heterocycles. The molecule has 1 aromatic carbocycles. The highest BCUT2D eigenvalue weighted by atomic mass is 35.5. The molecule has 0 saturated carbocycles. The Bertz CT molecular complexity index is 941. The molecule has 7 heteroatoms. The highest BCUT2D eigenvalue weighted by molar-refractivity contribution is 7.13. The molecule has 3 aromatic rings. The van der Waals surface area contributed by atoms with Crippen molar-refractivity contribution in [2.75, 3.05) is 10.2 Å². The highest BCUT2D eigenvalue weighted by Crippen LogP contribution is 2.32. The zero-order valence-electron chi connectivity index (χ0n) is 14.1. The second-order valence-electron chi connectivity index (χ2n) is 6.25. The zero-order chi connectivity index (χ0) is 18.1. The van der Waals surface area contributed by atoms with E-state index < -0.39 is 0 Å². The first kappa shape index (κ1) is 17.0. The van der Waals surface area contributed by atoms with Gasteiger partial charge in [0.1, 0.15) is 5.82 Å². The van der Waals surface area contributed by atoms with Gasteiger partial charge in [0.2, 0.25) is 5.91 Å². The molecule has 132 valence electrons. The number of rotatable bonds is 4. The lowest BCUT2D eigenvalue weighted by Crippen LogP contribution is -2.36. The predicted octanol–water partition coefficient (Wildman–Crippen LogP) is 4.46. The van der Waals surface area contributed by atoms with Gasteiger partial charge in [-0.3, -0.25) is 4.79 Å². The lowest BCUT2D eigenvalue weighted by atomic mass is 10.1. The minimum atomic E-state index is 0.0731. The van der Waals surface area contributed by atoms with Gasteiger partial charge in [0.05, 0.1) is 17.1 Å². The quantitative estimate of drug-likeness (QED) is 0.721. The molecule has 0 aliphatic carbocycles. The van der Waals surface area contributed by atoms with Crippen LogP contribution in [0.5, 0.6) is 0 Å². The fraction of sp³-hybridized carbons (Fsp3) is 0.211. The largest absolute Gasteiger partial charge is 0.316 e. The normalized spacial score (nSPS) is 15.8. The van der Waals surface area contributed by atoms with Crippen molar-refractivity contribution in [3.8, 4) is 0 Å². The highest BCUT2D eigenvalue weighted by Gasteiger charge is 2.30. The van der Waals surface area contributed by atoms with Crippen molar-refractivity contribution in [1.29, 1.82) is 0 Å². The van der Waals surface area contributed by atoms with Crippen molar-refractivity contribution >= 4 is 45.5 Å². The number of hydrogen-bond acceptors (Lipinski definition) is 5. The van der Waals surface area contributed by atoms with Gasteiger partial charge < -0.3 is 10.2 Å². The molecule has 0 saturated heterocycles. The van der Waals surface area contributed by atoms with Crippen LogP contribution < -0.4 is 10.2 Å². The molecule has 2 aromatic heterocycles. The lowest BCUT2D eigenvalue weighted by molar-refractivity contribution is -0.118. The number of nitrogens with one attached hydrogen (secondary N) is 1. The van der Waals surface area contributed by atoms with E-state index >= 15 is 0 Å². The molecule has 4 rings (SSSR count).